The first-order chi connectivity index (χ1) is 10.8. The average molecular weight is 324 g/mol. The Morgan fingerprint density at radius 2 is 2.00 bits per heavy atom. The van der Waals surface area contributed by atoms with E-state index < -0.39 is 0 Å². The Kier molecular flexibility index (Phi) is 7.74. The van der Waals surface area contributed by atoms with E-state index in [0.717, 1.165) is 19.5 Å². The van der Waals surface area contributed by atoms with Crippen LogP contribution in [0, 0.1) is 5.82 Å². The quantitative estimate of drug-likeness (QED) is 0.588. The second kappa shape index (κ2) is 9.85. The summed E-state index contributed by atoms with van der Waals surface area (Å²) >= 11 is 1.39. The summed E-state index contributed by atoms with van der Waals surface area (Å²) in [7, 11) is 0. The van der Waals surface area contributed by atoms with Crippen LogP contribution in [0.3, 0.4) is 0 Å². The van der Waals surface area contributed by atoms with E-state index in [9.17, 15) is 9.18 Å². The van der Waals surface area contributed by atoms with Crippen LogP contribution in [-0.2, 0) is 4.79 Å². The van der Waals surface area contributed by atoms with Gasteiger partial charge in [-0.1, -0.05) is 18.6 Å². The summed E-state index contributed by atoms with van der Waals surface area (Å²) in [6.07, 6.45) is 5.40. The van der Waals surface area contributed by atoms with Crippen molar-refractivity contribution in [3.8, 4) is 0 Å². The number of carbonyl (C=O) groups is 1. The van der Waals surface area contributed by atoms with Gasteiger partial charge in [0.15, 0.2) is 0 Å². The molecule has 2 rings (SSSR count). The van der Waals surface area contributed by atoms with E-state index in [0.29, 0.717) is 17.1 Å². The number of rotatable bonds is 8. The smallest absolute Gasteiger partial charge is 0.220 e. The summed E-state index contributed by atoms with van der Waals surface area (Å²) in [6.45, 7) is 4.21. The van der Waals surface area contributed by atoms with Crippen molar-refractivity contribution in [2.75, 3.05) is 31.9 Å². The standard InChI is InChI=1S/C17H25FN2OS/c18-15-7-2-3-8-16(15)22-14-9-17(21)19-10-6-13-20-11-4-1-5-12-20/h2-3,7-8H,1,4-6,9-14H2,(H,19,21). The molecule has 1 heterocycles. The molecule has 1 fully saturated rings. The Labute approximate surface area is 136 Å². The van der Waals surface area contributed by atoms with E-state index in [2.05, 4.69) is 10.2 Å². The average Bonchev–Trinajstić information content (AvgIpc) is 2.54. The zero-order chi connectivity index (χ0) is 15.6. The number of carbonyl (C=O) groups excluding carboxylic acids is 1. The minimum absolute atomic E-state index is 0.0579. The minimum atomic E-state index is -0.213. The molecule has 5 heteroatoms. The lowest BCUT2D eigenvalue weighted by Crippen LogP contribution is -2.33. The summed E-state index contributed by atoms with van der Waals surface area (Å²) in [6, 6.07) is 6.68. The van der Waals surface area contributed by atoms with Gasteiger partial charge in [-0.3, -0.25) is 4.79 Å². The van der Waals surface area contributed by atoms with Crippen LogP contribution < -0.4 is 5.32 Å². The number of nitrogens with one attached hydrogen (secondary N) is 1. The molecule has 122 valence electrons. The molecule has 22 heavy (non-hydrogen) atoms. The highest BCUT2D eigenvalue weighted by Gasteiger charge is 2.09. The van der Waals surface area contributed by atoms with Crippen molar-refractivity contribution in [3.63, 3.8) is 0 Å². The number of piperidine rings is 1. The molecule has 1 aromatic rings. The topological polar surface area (TPSA) is 32.3 Å². The molecule has 3 nitrogen and oxygen atoms in total. The second-order valence-electron chi connectivity index (χ2n) is 5.63. The third kappa shape index (κ3) is 6.36. The fraction of sp³-hybridized carbons (Fsp3) is 0.588. The van der Waals surface area contributed by atoms with E-state index in [1.165, 1.54) is 50.2 Å². The normalized spacial score (nSPS) is 15.7. The van der Waals surface area contributed by atoms with Gasteiger partial charge in [0.05, 0.1) is 0 Å². The SMILES string of the molecule is O=C(CCSc1ccccc1F)NCCCN1CCCCC1. The predicted octanol–water partition coefficient (Wildman–Crippen LogP) is 3.30. The lowest BCUT2D eigenvalue weighted by Gasteiger charge is -2.26. The molecule has 0 aromatic heterocycles. The van der Waals surface area contributed by atoms with Gasteiger partial charge in [0.1, 0.15) is 5.82 Å². The van der Waals surface area contributed by atoms with E-state index >= 15 is 0 Å². The Bertz CT molecular complexity index is 464. The summed E-state index contributed by atoms with van der Waals surface area (Å²) in [4.78, 5) is 14.8. The molecule has 0 atom stereocenters. The maximum atomic E-state index is 13.4. The van der Waals surface area contributed by atoms with E-state index in [1.54, 1.807) is 12.1 Å². The molecule has 0 bridgehead atoms. The zero-order valence-electron chi connectivity index (χ0n) is 13.0. The molecule has 1 aliphatic heterocycles. The number of thioether (sulfide) groups is 1. The van der Waals surface area contributed by atoms with E-state index in [-0.39, 0.29) is 11.7 Å². The van der Waals surface area contributed by atoms with Crippen molar-refractivity contribution in [1.82, 2.24) is 10.2 Å². The summed E-state index contributed by atoms with van der Waals surface area (Å²) in [5.74, 6) is 0.454. The van der Waals surface area contributed by atoms with Crippen LogP contribution in [0.4, 0.5) is 4.39 Å². The van der Waals surface area contributed by atoms with Gasteiger partial charge >= 0.3 is 0 Å². The molecular weight excluding hydrogens is 299 g/mol. The summed E-state index contributed by atoms with van der Waals surface area (Å²) in [5.41, 5.74) is 0. The molecular formula is C17H25FN2OS. The highest BCUT2D eigenvalue weighted by atomic mass is 32.2. The van der Waals surface area contributed by atoms with Gasteiger partial charge in [0.25, 0.3) is 0 Å². The minimum Gasteiger partial charge on any atom is -0.356 e. The number of hydrogen-bond donors (Lipinski definition) is 1. The Hall–Kier alpha value is -1.07. The monoisotopic (exact) mass is 324 g/mol. The number of halogens is 1. The lowest BCUT2D eigenvalue weighted by molar-refractivity contribution is -0.120. The number of nitrogens with zero attached hydrogens (tertiary/aromatic N) is 1. The van der Waals surface area contributed by atoms with Crippen molar-refractivity contribution in [3.05, 3.63) is 30.1 Å². The van der Waals surface area contributed by atoms with Crippen LogP contribution in [0.5, 0.6) is 0 Å². The highest BCUT2D eigenvalue weighted by Crippen LogP contribution is 2.21. The molecule has 0 aliphatic carbocycles. The van der Waals surface area contributed by atoms with Crippen molar-refractivity contribution < 1.29 is 9.18 Å². The number of amides is 1. The summed E-state index contributed by atoms with van der Waals surface area (Å²) < 4.78 is 13.4. The Morgan fingerprint density at radius 3 is 2.77 bits per heavy atom. The third-order valence-corrected chi connectivity index (χ3v) is 4.90. The Balaban J connectivity index is 1.51. The first kappa shape index (κ1) is 17.3. The lowest BCUT2D eigenvalue weighted by atomic mass is 10.1. The molecule has 1 amide bonds. The van der Waals surface area contributed by atoms with Crippen LogP contribution >= 0.6 is 11.8 Å². The van der Waals surface area contributed by atoms with E-state index in [4.69, 9.17) is 0 Å². The van der Waals surface area contributed by atoms with Crippen LogP contribution in [0.1, 0.15) is 32.1 Å². The number of likely N-dealkylation sites (tertiary alicyclic amines) is 1. The largest absolute Gasteiger partial charge is 0.356 e. The van der Waals surface area contributed by atoms with Crippen molar-refractivity contribution in [2.45, 2.75) is 37.0 Å². The summed E-state index contributed by atoms with van der Waals surface area (Å²) in [5, 5.41) is 2.95. The number of hydrogen-bond acceptors (Lipinski definition) is 3. The second-order valence-corrected chi connectivity index (χ2v) is 6.77. The molecule has 0 saturated carbocycles. The van der Waals surface area contributed by atoms with Gasteiger partial charge in [-0.25, -0.2) is 4.39 Å². The highest BCUT2D eigenvalue weighted by molar-refractivity contribution is 7.99. The van der Waals surface area contributed by atoms with Gasteiger partial charge in [0, 0.05) is 23.6 Å². The van der Waals surface area contributed by atoms with Gasteiger partial charge in [-0.05, 0) is 51.0 Å². The molecule has 1 aromatic carbocycles. The van der Waals surface area contributed by atoms with Gasteiger partial charge in [-0.15, -0.1) is 11.8 Å². The van der Waals surface area contributed by atoms with Crippen molar-refractivity contribution >= 4 is 17.7 Å². The Morgan fingerprint density at radius 1 is 1.23 bits per heavy atom. The fourth-order valence-corrected chi connectivity index (χ4v) is 3.51. The van der Waals surface area contributed by atoms with E-state index in [1.807, 2.05) is 6.07 Å². The molecule has 1 saturated heterocycles. The third-order valence-electron chi connectivity index (χ3n) is 3.85. The first-order valence-electron chi connectivity index (χ1n) is 8.12. The maximum Gasteiger partial charge on any atom is 0.220 e. The van der Waals surface area contributed by atoms with Crippen LogP contribution in [0.25, 0.3) is 0 Å². The maximum absolute atomic E-state index is 13.4. The molecule has 1 aliphatic rings. The number of benzene rings is 1. The van der Waals surface area contributed by atoms with Crippen LogP contribution in [0.15, 0.2) is 29.2 Å². The van der Waals surface area contributed by atoms with Gasteiger partial charge in [-0.2, -0.15) is 0 Å². The molecule has 0 spiro atoms. The van der Waals surface area contributed by atoms with Gasteiger partial charge < -0.3 is 10.2 Å². The molecule has 0 unspecified atom stereocenters. The van der Waals surface area contributed by atoms with Crippen LogP contribution in [0.2, 0.25) is 0 Å². The first-order valence-corrected chi connectivity index (χ1v) is 9.10. The fourth-order valence-electron chi connectivity index (χ4n) is 2.62. The molecule has 1 N–H and O–H groups in total. The molecule has 0 radical (unpaired) electrons. The van der Waals surface area contributed by atoms with Gasteiger partial charge in [0.2, 0.25) is 5.91 Å². The van der Waals surface area contributed by atoms with Crippen LogP contribution in [-0.4, -0.2) is 42.7 Å². The van der Waals surface area contributed by atoms with Crippen molar-refractivity contribution in [2.24, 2.45) is 0 Å². The van der Waals surface area contributed by atoms with Crippen molar-refractivity contribution in [1.29, 1.82) is 0 Å². The predicted molar refractivity (Wildman–Crippen MR) is 89.7 cm³/mol. The zero-order valence-corrected chi connectivity index (χ0v) is 13.8.